The summed E-state index contributed by atoms with van der Waals surface area (Å²) >= 11 is 1.56. The van der Waals surface area contributed by atoms with Crippen LogP contribution in [0.1, 0.15) is 85.0 Å². The molecule has 0 spiro atoms. The third kappa shape index (κ3) is 19.2. The number of aliphatic hydroxyl groups excluding tert-OH is 1. The van der Waals surface area contributed by atoms with Gasteiger partial charge in [0.15, 0.2) is 0 Å². The molecule has 4 heterocycles. The second-order valence-electron chi connectivity index (χ2n) is 22.8. The molecule has 0 bridgehead atoms. The van der Waals surface area contributed by atoms with Crippen molar-refractivity contribution < 1.29 is 70.3 Å². The summed E-state index contributed by atoms with van der Waals surface area (Å²) in [6.07, 6.45) is -5.12. The lowest BCUT2D eigenvalue weighted by Crippen LogP contribution is -2.57. The summed E-state index contributed by atoms with van der Waals surface area (Å²) in [7, 11) is 1.99. The number of hydrogen-bond donors (Lipinski definition) is 6. The number of aromatic nitrogens is 2. The van der Waals surface area contributed by atoms with Crippen molar-refractivity contribution in [3.05, 3.63) is 123 Å². The van der Waals surface area contributed by atoms with Crippen molar-refractivity contribution >= 4 is 52.2 Å². The van der Waals surface area contributed by atoms with Crippen molar-refractivity contribution in [2.24, 2.45) is 5.41 Å². The van der Waals surface area contributed by atoms with E-state index in [1.165, 1.54) is 23.1 Å². The van der Waals surface area contributed by atoms with Crippen molar-refractivity contribution in [2.75, 3.05) is 110 Å². The molecule has 7 rings (SSSR count). The molecule has 2 fully saturated rings. The quantitative estimate of drug-likeness (QED) is 0.0223. The van der Waals surface area contributed by atoms with Crippen LogP contribution in [-0.4, -0.2) is 184 Å². The molecular formula is C62H79F4N9O12S. The molecule has 3 aromatic carbocycles. The van der Waals surface area contributed by atoms with E-state index in [0.29, 0.717) is 57.5 Å². The number of H-pyrrole nitrogens is 1. The molecule has 478 valence electrons. The molecule has 2 aliphatic rings. The van der Waals surface area contributed by atoms with Gasteiger partial charge in [0, 0.05) is 81.0 Å². The molecule has 0 radical (unpaired) electrons. The second-order valence-corrected chi connectivity index (χ2v) is 23.6. The van der Waals surface area contributed by atoms with Gasteiger partial charge >= 0.3 is 6.18 Å². The number of aryl methyl sites for hydroxylation is 1. The van der Waals surface area contributed by atoms with Gasteiger partial charge in [0.2, 0.25) is 23.3 Å². The Kier molecular flexibility index (Phi) is 24.7. The van der Waals surface area contributed by atoms with Gasteiger partial charge in [0.25, 0.3) is 11.8 Å². The minimum absolute atomic E-state index is 0.0166. The van der Waals surface area contributed by atoms with Gasteiger partial charge < -0.3 is 64.8 Å². The van der Waals surface area contributed by atoms with Gasteiger partial charge in [-0.3, -0.25) is 33.7 Å². The van der Waals surface area contributed by atoms with E-state index >= 15 is 4.39 Å². The normalized spacial score (nSPS) is 17.6. The smallest absolute Gasteiger partial charge is 0.391 e. The van der Waals surface area contributed by atoms with Gasteiger partial charge in [-0.2, -0.15) is 13.2 Å². The van der Waals surface area contributed by atoms with Crippen LogP contribution in [0.15, 0.2) is 83.2 Å². The number of β-amino-alcohol motifs (C(OH)–C–C–N with tert-alkyl or cyclic N) is 1. The average molecular weight is 1250 g/mol. The maximum Gasteiger partial charge on any atom is 0.417 e. The first-order valence-electron chi connectivity index (χ1n) is 29.1. The average Bonchev–Trinajstić information content (AvgIpc) is 2.99. The summed E-state index contributed by atoms with van der Waals surface area (Å²) in [5, 5.41) is 21.6. The number of benzene rings is 3. The van der Waals surface area contributed by atoms with E-state index in [0.717, 1.165) is 27.8 Å². The summed E-state index contributed by atoms with van der Waals surface area (Å²) < 4.78 is 85.4. The Labute approximate surface area is 512 Å². The van der Waals surface area contributed by atoms with Crippen LogP contribution < -0.4 is 31.7 Å². The lowest BCUT2D eigenvalue weighted by atomic mass is 9.85. The standard InChI is InChI=1S/C62H79F4N9O12S/c1-38-34-74(35-39(2)73(38)7)51-15-13-43(29-50(51)71-58(80)47-33-68-54(78)31-48(47)62(64,65)66)46-14-12-44(28-49(46)63)57(79)67-17-19-84-21-23-86-25-27-87-26-24-85-22-20-83-18-16-53(77)72-56(61(4,5)6)60(82)75-36-45(76)30-52(75)59(81)69-32-41-8-10-42(11-9-41)55-40(3)70-37-88-55/h8-15,28-29,31,33,37-39,45,52,56,76H,16-27,30,32,34-36H2,1-7H3,(H,67,79)(H,68,78)(H,69,81)(H,71,80)(H,72,77)/t38-,39+,45-,52+,56-/m1/s1. The number of alkyl halides is 3. The summed E-state index contributed by atoms with van der Waals surface area (Å²) in [5.74, 6) is -3.69. The molecule has 0 saturated carbocycles. The number of hydrogen-bond acceptors (Lipinski definition) is 16. The van der Waals surface area contributed by atoms with Crippen molar-refractivity contribution in [3.8, 4) is 21.6 Å². The van der Waals surface area contributed by atoms with Crippen LogP contribution in [0.4, 0.5) is 28.9 Å². The maximum atomic E-state index is 15.8. The third-order valence-electron chi connectivity index (χ3n) is 15.2. The molecule has 21 nitrogen and oxygen atoms in total. The van der Waals surface area contributed by atoms with Crippen LogP contribution in [0.2, 0.25) is 0 Å². The van der Waals surface area contributed by atoms with Gasteiger partial charge in [-0.1, -0.05) is 57.2 Å². The molecule has 2 saturated heterocycles. The van der Waals surface area contributed by atoms with Crippen LogP contribution in [0.3, 0.4) is 0 Å². The number of amides is 5. The number of likely N-dealkylation sites (N-methyl/N-ethyl adjacent to an activating group) is 1. The van der Waals surface area contributed by atoms with Crippen LogP contribution >= 0.6 is 11.3 Å². The van der Waals surface area contributed by atoms with E-state index in [-0.39, 0.29) is 112 Å². The highest BCUT2D eigenvalue weighted by molar-refractivity contribution is 7.13. The zero-order valence-electron chi connectivity index (χ0n) is 50.6. The monoisotopic (exact) mass is 1250 g/mol. The topological polar surface area (TPSA) is 255 Å². The number of anilines is 2. The Morgan fingerprint density at radius 1 is 0.784 bits per heavy atom. The number of ether oxygens (including phenoxy) is 5. The molecular weight excluding hydrogens is 1170 g/mol. The largest absolute Gasteiger partial charge is 0.417 e. The number of aliphatic hydroxyl groups is 1. The number of carbonyl (C=O) groups excluding carboxylic acids is 5. The zero-order chi connectivity index (χ0) is 63.7. The number of pyridine rings is 1. The lowest BCUT2D eigenvalue weighted by Gasteiger charge is -2.44. The van der Waals surface area contributed by atoms with E-state index in [1.807, 2.05) is 77.8 Å². The van der Waals surface area contributed by atoms with Crippen molar-refractivity contribution in [1.29, 1.82) is 0 Å². The minimum atomic E-state index is -4.99. The van der Waals surface area contributed by atoms with Crippen LogP contribution in [0, 0.1) is 18.2 Å². The van der Waals surface area contributed by atoms with E-state index < -0.39 is 75.9 Å². The molecule has 26 heteroatoms. The number of carbonyl (C=O) groups is 5. The molecule has 5 atom stereocenters. The van der Waals surface area contributed by atoms with Gasteiger partial charge in [0.05, 0.1) is 111 Å². The fraction of sp³-hybridized carbons (Fsp3) is 0.500. The molecule has 2 aromatic heterocycles. The molecule has 0 unspecified atom stereocenters. The van der Waals surface area contributed by atoms with E-state index in [1.54, 1.807) is 29.0 Å². The number of likely N-dealkylation sites (tertiary alicyclic amines) is 1. The molecule has 5 aromatic rings. The molecule has 2 aliphatic heterocycles. The Morgan fingerprint density at radius 3 is 1.99 bits per heavy atom. The predicted molar refractivity (Wildman–Crippen MR) is 323 cm³/mol. The minimum Gasteiger partial charge on any atom is -0.391 e. The first-order valence-corrected chi connectivity index (χ1v) is 30.0. The summed E-state index contributed by atoms with van der Waals surface area (Å²) in [4.78, 5) is 91.8. The molecule has 0 aliphatic carbocycles. The van der Waals surface area contributed by atoms with E-state index in [2.05, 4.69) is 36.1 Å². The number of halogens is 4. The number of nitrogens with one attached hydrogen (secondary N) is 5. The van der Waals surface area contributed by atoms with Gasteiger partial charge in [-0.15, -0.1) is 11.3 Å². The molecule has 5 amide bonds. The Balaban J connectivity index is 0.733. The van der Waals surface area contributed by atoms with Gasteiger partial charge in [-0.25, -0.2) is 9.37 Å². The SMILES string of the molecule is Cc1ncsc1-c1ccc(CNC(=O)[C@@H]2C[C@@H](O)CN2C(=O)[C@@H](NC(=O)CCOCCOCCOCCOCCOCCNC(=O)c2ccc(-c3ccc(N4C[C@@H](C)N(C)[C@@H](C)C4)c(NC(=O)c4c[nH]c(=O)cc4C(F)(F)F)c3)c(F)c2)C(C)(C)C)cc1. The highest BCUT2D eigenvalue weighted by atomic mass is 32.1. The van der Waals surface area contributed by atoms with Crippen molar-refractivity contribution in [3.63, 3.8) is 0 Å². The summed E-state index contributed by atoms with van der Waals surface area (Å²) in [6, 6.07) is 15.1. The zero-order valence-corrected chi connectivity index (χ0v) is 51.4. The van der Waals surface area contributed by atoms with Crippen molar-refractivity contribution in [2.45, 2.75) is 97.4 Å². The van der Waals surface area contributed by atoms with Crippen molar-refractivity contribution in [1.82, 2.24) is 35.7 Å². The maximum absolute atomic E-state index is 15.8. The van der Waals surface area contributed by atoms with Crippen LogP contribution in [0.25, 0.3) is 21.6 Å². The van der Waals surface area contributed by atoms with Gasteiger partial charge in [0.1, 0.15) is 17.9 Å². The van der Waals surface area contributed by atoms with E-state index in [4.69, 9.17) is 23.7 Å². The van der Waals surface area contributed by atoms with Crippen LogP contribution in [-0.2, 0) is 50.8 Å². The number of aromatic amines is 1. The molecule has 88 heavy (non-hydrogen) atoms. The number of piperazine rings is 1. The number of thiazole rings is 1. The van der Waals surface area contributed by atoms with Crippen LogP contribution in [0.5, 0.6) is 0 Å². The number of nitrogens with zero attached hydrogens (tertiary/aromatic N) is 4. The third-order valence-corrected chi connectivity index (χ3v) is 16.1. The fourth-order valence-electron chi connectivity index (χ4n) is 10.2. The fourth-order valence-corrected chi connectivity index (χ4v) is 11.0. The second kappa shape index (κ2) is 31.8. The highest BCUT2D eigenvalue weighted by Crippen LogP contribution is 2.37. The van der Waals surface area contributed by atoms with E-state index in [9.17, 15) is 47.0 Å². The predicted octanol–water partition coefficient (Wildman–Crippen LogP) is 6.42. The Bertz CT molecular complexity index is 3220. The first kappa shape index (κ1) is 68.3. The summed E-state index contributed by atoms with van der Waals surface area (Å²) in [5.41, 5.74) is 1.72. The summed E-state index contributed by atoms with van der Waals surface area (Å²) in [6.45, 7) is 15.2. The molecule has 6 N–H and O–H groups in total. The Hall–Kier alpha value is -7.17. The first-order chi connectivity index (χ1) is 41.9. The highest BCUT2D eigenvalue weighted by Gasteiger charge is 2.45. The van der Waals surface area contributed by atoms with Gasteiger partial charge in [-0.05, 0) is 74.2 Å². The number of rotatable bonds is 29. The lowest BCUT2D eigenvalue weighted by molar-refractivity contribution is -0.144. The Morgan fingerprint density at radius 2 is 1.40 bits per heavy atom.